The first kappa shape index (κ1) is 17.5. The zero-order chi connectivity index (χ0) is 17.4. The van der Waals surface area contributed by atoms with Gasteiger partial charge in [-0.1, -0.05) is 31.2 Å². The van der Waals surface area contributed by atoms with Crippen molar-refractivity contribution in [2.75, 3.05) is 12.3 Å². The number of aromatic nitrogens is 1. The van der Waals surface area contributed by atoms with Crippen molar-refractivity contribution in [1.82, 2.24) is 10.3 Å². The molecule has 0 fully saturated rings. The van der Waals surface area contributed by atoms with Crippen LogP contribution in [0.2, 0.25) is 0 Å². The Kier molecular flexibility index (Phi) is 6.37. The number of nitrogen functional groups attached to an aromatic ring is 1. The third kappa shape index (κ3) is 5.12. The van der Waals surface area contributed by atoms with Gasteiger partial charge in [-0.25, -0.2) is 4.98 Å². The summed E-state index contributed by atoms with van der Waals surface area (Å²) in [5.41, 5.74) is 7.92. The zero-order valence-corrected chi connectivity index (χ0v) is 14.1. The van der Waals surface area contributed by atoms with Crippen molar-refractivity contribution in [3.8, 4) is 5.75 Å². The minimum atomic E-state index is -0.239. The van der Waals surface area contributed by atoms with Crippen LogP contribution in [0.3, 0.4) is 0 Å². The minimum Gasteiger partial charge on any atom is -0.490 e. The van der Waals surface area contributed by atoms with Crippen LogP contribution in [0.15, 0.2) is 48.6 Å². The second kappa shape index (κ2) is 8.72. The molecule has 5 heteroatoms. The molecule has 0 radical (unpaired) electrons. The number of rotatable bonds is 7. The molecule has 1 aromatic carbocycles. The highest BCUT2D eigenvalue weighted by Gasteiger charge is 2.10. The summed E-state index contributed by atoms with van der Waals surface area (Å²) in [5, 5.41) is 2.85. The fourth-order valence-electron chi connectivity index (χ4n) is 2.17. The number of hydrogen-bond acceptors (Lipinski definition) is 4. The van der Waals surface area contributed by atoms with E-state index in [1.54, 1.807) is 12.1 Å². The van der Waals surface area contributed by atoms with Crippen LogP contribution < -0.4 is 15.8 Å². The molecule has 3 N–H and O–H groups in total. The second-order valence-electron chi connectivity index (χ2n) is 5.41. The number of ether oxygens (including phenoxy) is 1. The first-order chi connectivity index (χ1) is 11.6. The van der Waals surface area contributed by atoms with Crippen LogP contribution in [0.4, 0.5) is 5.82 Å². The molecule has 1 amide bonds. The maximum atomic E-state index is 12.2. The summed E-state index contributed by atoms with van der Waals surface area (Å²) >= 11 is 0. The molecular weight excluding hydrogens is 302 g/mol. The third-order valence-corrected chi connectivity index (χ3v) is 3.41. The number of nitrogens with zero attached hydrogens (tertiary/aromatic N) is 1. The van der Waals surface area contributed by atoms with Crippen LogP contribution in [0.25, 0.3) is 0 Å². The van der Waals surface area contributed by atoms with Crippen LogP contribution in [-0.4, -0.2) is 17.5 Å². The van der Waals surface area contributed by atoms with Gasteiger partial charge in [0.15, 0.2) is 0 Å². The largest absolute Gasteiger partial charge is 0.490 e. The summed E-state index contributed by atoms with van der Waals surface area (Å²) in [6, 6.07) is 11.1. The predicted molar refractivity (Wildman–Crippen MR) is 95.9 cm³/mol. The van der Waals surface area contributed by atoms with Crippen LogP contribution in [0.5, 0.6) is 5.75 Å². The first-order valence-corrected chi connectivity index (χ1v) is 7.98. The van der Waals surface area contributed by atoms with E-state index in [9.17, 15) is 4.79 Å². The summed E-state index contributed by atoms with van der Waals surface area (Å²) in [6.07, 6.45) is 5.04. The van der Waals surface area contributed by atoms with E-state index < -0.39 is 0 Å². The van der Waals surface area contributed by atoms with E-state index in [1.807, 2.05) is 37.3 Å². The standard InChI is InChI=1S/C19H23N3O2/c1-3-4-5-11-24-16-8-6-7-15(12-16)13-21-19(23)17-10-9-14(2)22-18(17)20/h4-10,12H,3,11,13H2,1-2H3,(H2,20,22)(H,21,23)/b5-4+. The van der Waals surface area contributed by atoms with E-state index in [2.05, 4.69) is 23.3 Å². The van der Waals surface area contributed by atoms with Gasteiger partial charge in [-0.15, -0.1) is 0 Å². The third-order valence-electron chi connectivity index (χ3n) is 3.41. The molecule has 0 bridgehead atoms. The van der Waals surface area contributed by atoms with Crippen molar-refractivity contribution in [3.05, 3.63) is 65.4 Å². The number of carbonyl (C=O) groups excluding carboxylic acids is 1. The Morgan fingerprint density at radius 2 is 2.12 bits per heavy atom. The van der Waals surface area contributed by atoms with E-state index >= 15 is 0 Å². The number of aryl methyl sites for hydroxylation is 1. The van der Waals surface area contributed by atoms with Crippen molar-refractivity contribution in [1.29, 1.82) is 0 Å². The van der Waals surface area contributed by atoms with Gasteiger partial charge in [-0.3, -0.25) is 4.79 Å². The molecule has 0 spiro atoms. The number of nitrogens with one attached hydrogen (secondary N) is 1. The van der Waals surface area contributed by atoms with E-state index in [0.717, 1.165) is 23.4 Å². The molecule has 0 atom stereocenters. The van der Waals surface area contributed by atoms with Gasteiger partial charge in [0.25, 0.3) is 5.91 Å². The zero-order valence-electron chi connectivity index (χ0n) is 14.1. The smallest absolute Gasteiger partial charge is 0.255 e. The Morgan fingerprint density at radius 1 is 1.29 bits per heavy atom. The highest BCUT2D eigenvalue weighted by molar-refractivity contribution is 5.98. The summed E-state index contributed by atoms with van der Waals surface area (Å²) in [6.45, 7) is 4.85. The molecule has 126 valence electrons. The number of benzene rings is 1. The molecule has 1 heterocycles. The molecule has 0 saturated carbocycles. The monoisotopic (exact) mass is 325 g/mol. The van der Waals surface area contributed by atoms with Crippen LogP contribution in [0, 0.1) is 6.92 Å². The number of pyridine rings is 1. The number of amides is 1. The van der Waals surface area contributed by atoms with Gasteiger partial charge >= 0.3 is 0 Å². The van der Waals surface area contributed by atoms with E-state index in [0.29, 0.717) is 18.7 Å². The maximum Gasteiger partial charge on any atom is 0.255 e. The second-order valence-corrected chi connectivity index (χ2v) is 5.41. The Labute approximate surface area is 142 Å². The molecule has 0 aliphatic heterocycles. The minimum absolute atomic E-state index is 0.239. The lowest BCUT2D eigenvalue weighted by Crippen LogP contribution is -2.24. The van der Waals surface area contributed by atoms with Crippen molar-refractivity contribution >= 4 is 11.7 Å². The van der Waals surface area contributed by atoms with Crippen molar-refractivity contribution < 1.29 is 9.53 Å². The van der Waals surface area contributed by atoms with Crippen LogP contribution in [0.1, 0.15) is 35.0 Å². The Hall–Kier alpha value is -2.82. The molecule has 1 aromatic heterocycles. The normalized spacial score (nSPS) is 10.8. The van der Waals surface area contributed by atoms with E-state index in [1.165, 1.54) is 0 Å². The molecule has 0 aliphatic rings. The lowest BCUT2D eigenvalue weighted by Gasteiger charge is -2.09. The topological polar surface area (TPSA) is 77.2 Å². The highest BCUT2D eigenvalue weighted by Crippen LogP contribution is 2.14. The van der Waals surface area contributed by atoms with Crippen molar-refractivity contribution in [3.63, 3.8) is 0 Å². The number of carbonyl (C=O) groups is 1. The molecule has 5 nitrogen and oxygen atoms in total. The van der Waals surface area contributed by atoms with Gasteiger partial charge in [0.2, 0.25) is 0 Å². The highest BCUT2D eigenvalue weighted by atomic mass is 16.5. The molecule has 24 heavy (non-hydrogen) atoms. The molecule has 0 aliphatic carbocycles. The van der Waals surface area contributed by atoms with Gasteiger partial charge in [0, 0.05) is 12.2 Å². The predicted octanol–water partition coefficient (Wildman–Crippen LogP) is 3.25. The van der Waals surface area contributed by atoms with E-state index in [4.69, 9.17) is 10.5 Å². The van der Waals surface area contributed by atoms with Gasteiger partial charge in [0.1, 0.15) is 18.2 Å². The summed E-state index contributed by atoms with van der Waals surface area (Å²) in [4.78, 5) is 16.3. The average molecular weight is 325 g/mol. The van der Waals surface area contributed by atoms with Gasteiger partial charge in [0.05, 0.1) is 5.56 Å². The van der Waals surface area contributed by atoms with Gasteiger partial charge in [-0.2, -0.15) is 0 Å². The summed E-state index contributed by atoms with van der Waals surface area (Å²) in [7, 11) is 0. The van der Waals surface area contributed by atoms with E-state index in [-0.39, 0.29) is 11.7 Å². The molecule has 2 aromatic rings. The van der Waals surface area contributed by atoms with Gasteiger partial charge < -0.3 is 15.8 Å². The Bertz CT molecular complexity index is 726. The molecule has 0 saturated heterocycles. The fraction of sp³-hybridized carbons (Fsp3) is 0.263. The maximum absolute atomic E-state index is 12.2. The molecule has 2 rings (SSSR count). The van der Waals surface area contributed by atoms with Crippen LogP contribution >= 0.6 is 0 Å². The fourth-order valence-corrected chi connectivity index (χ4v) is 2.17. The van der Waals surface area contributed by atoms with Crippen molar-refractivity contribution in [2.45, 2.75) is 26.8 Å². The SMILES string of the molecule is CC/C=C/COc1cccc(CNC(=O)c2ccc(C)nc2N)c1. The summed E-state index contributed by atoms with van der Waals surface area (Å²) in [5.74, 6) is 0.781. The lowest BCUT2D eigenvalue weighted by molar-refractivity contribution is 0.0951. The molecule has 0 unspecified atom stereocenters. The molecular formula is C19H23N3O2. The first-order valence-electron chi connectivity index (χ1n) is 7.98. The number of hydrogen-bond donors (Lipinski definition) is 2. The van der Waals surface area contributed by atoms with Gasteiger partial charge in [-0.05, 0) is 43.2 Å². The lowest BCUT2D eigenvalue weighted by atomic mass is 10.2. The number of anilines is 1. The Balaban J connectivity index is 1.94. The Morgan fingerprint density at radius 3 is 2.88 bits per heavy atom. The number of nitrogens with two attached hydrogens (primary N) is 1. The summed E-state index contributed by atoms with van der Waals surface area (Å²) < 4.78 is 5.64. The van der Waals surface area contributed by atoms with Crippen LogP contribution in [-0.2, 0) is 6.54 Å². The quantitative estimate of drug-likeness (QED) is 0.766. The van der Waals surface area contributed by atoms with Crippen molar-refractivity contribution in [2.24, 2.45) is 0 Å². The number of allylic oxidation sites excluding steroid dienone is 1. The average Bonchev–Trinajstić information content (AvgIpc) is 2.57.